The largest absolute Gasteiger partial charge is 0.350 e. The average molecular weight is 302 g/mol. The molecular formula is C16H16ClN3O. The fourth-order valence-electron chi connectivity index (χ4n) is 2.96. The Morgan fingerprint density at radius 2 is 1.81 bits per heavy atom. The molecule has 3 N–H and O–H groups in total. The van der Waals surface area contributed by atoms with Gasteiger partial charge in [0.2, 0.25) is 0 Å². The van der Waals surface area contributed by atoms with Gasteiger partial charge in [-0.05, 0) is 17.5 Å². The first-order valence-corrected chi connectivity index (χ1v) is 7.14. The number of urea groups is 1. The number of rotatable bonds is 2. The number of nitrogens with zero attached hydrogens (tertiary/aromatic N) is 1. The van der Waals surface area contributed by atoms with Crippen LogP contribution in [0.5, 0.6) is 0 Å². The van der Waals surface area contributed by atoms with Crippen molar-refractivity contribution in [3.05, 3.63) is 71.3 Å². The van der Waals surface area contributed by atoms with Crippen molar-refractivity contribution in [1.82, 2.24) is 9.74 Å². The summed E-state index contributed by atoms with van der Waals surface area (Å²) in [5.41, 5.74) is 7.52. The van der Waals surface area contributed by atoms with Crippen LogP contribution in [0.25, 0.3) is 0 Å². The first-order chi connectivity index (χ1) is 10.2. The third kappa shape index (κ3) is 2.17. The minimum atomic E-state index is -0.941. The maximum absolute atomic E-state index is 11.8. The quantitative estimate of drug-likeness (QED) is 0.838. The molecule has 0 unspecified atom stereocenters. The minimum Gasteiger partial charge on any atom is -0.350 e. The van der Waals surface area contributed by atoms with Crippen LogP contribution >= 0.6 is 11.8 Å². The molecule has 2 amide bonds. The first kappa shape index (κ1) is 13.9. The second kappa shape index (κ2) is 5.39. The molecule has 0 spiro atoms. The molecule has 0 saturated carbocycles. The van der Waals surface area contributed by atoms with Crippen LogP contribution in [-0.4, -0.2) is 17.0 Å². The molecule has 1 aliphatic heterocycles. The Bertz CT molecular complexity index is 662. The van der Waals surface area contributed by atoms with Gasteiger partial charge >= 0.3 is 6.03 Å². The molecule has 0 fully saturated rings. The summed E-state index contributed by atoms with van der Waals surface area (Å²) in [5, 5.41) is 3.38. The summed E-state index contributed by atoms with van der Waals surface area (Å²) in [6, 6.07) is 16.9. The van der Waals surface area contributed by atoms with Gasteiger partial charge in [0.05, 0.1) is 0 Å². The summed E-state index contributed by atoms with van der Waals surface area (Å²) in [4.78, 5) is 11.8. The van der Waals surface area contributed by atoms with E-state index in [2.05, 4.69) is 11.4 Å². The van der Waals surface area contributed by atoms with Crippen LogP contribution in [0, 0.1) is 0 Å². The Kier molecular flexibility index (Phi) is 3.57. The number of carbonyl (C=O) groups excluding carboxylic acids is 1. The first-order valence-electron chi connectivity index (χ1n) is 6.80. The summed E-state index contributed by atoms with van der Waals surface area (Å²) < 4.78 is 1.06. The number of primary amides is 1. The third-order valence-electron chi connectivity index (χ3n) is 3.86. The molecule has 1 heterocycles. The number of nitrogens with two attached hydrogens (primary N) is 1. The van der Waals surface area contributed by atoms with Crippen molar-refractivity contribution in [2.75, 3.05) is 6.54 Å². The predicted molar refractivity (Wildman–Crippen MR) is 82.6 cm³/mol. The average Bonchev–Trinajstić information content (AvgIpc) is 2.54. The summed E-state index contributed by atoms with van der Waals surface area (Å²) in [6.45, 7) is 0.711. The molecule has 0 radical (unpaired) electrons. The Morgan fingerprint density at radius 3 is 2.52 bits per heavy atom. The molecule has 0 aliphatic carbocycles. The zero-order chi connectivity index (χ0) is 14.9. The molecule has 0 aromatic heterocycles. The van der Waals surface area contributed by atoms with E-state index in [0.717, 1.165) is 27.5 Å². The highest BCUT2D eigenvalue weighted by molar-refractivity contribution is 6.21. The zero-order valence-electron chi connectivity index (χ0n) is 11.4. The van der Waals surface area contributed by atoms with Crippen molar-refractivity contribution in [1.29, 1.82) is 0 Å². The van der Waals surface area contributed by atoms with Crippen molar-refractivity contribution in [3.8, 4) is 0 Å². The van der Waals surface area contributed by atoms with Gasteiger partial charge in [-0.3, -0.25) is 5.32 Å². The second-order valence-corrected chi connectivity index (χ2v) is 5.37. The molecule has 108 valence electrons. The number of benzene rings is 2. The fourth-order valence-corrected chi connectivity index (χ4v) is 3.20. The maximum atomic E-state index is 11.8. The van der Waals surface area contributed by atoms with E-state index in [-0.39, 0.29) is 0 Å². The fraction of sp³-hybridized carbons (Fsp3) is 0.188. The molecule has 2 aromatic rings. The standard InChI is InChI=1S/C16H16ClN3O/c17-20(15(18)21)16(13-7-2-1-3-8-13)14-9-5-4-6-12(14)10-11-19-16/h1-9,19H,10-11H2,(H2,18,21)/t16-/m0/s1. The van der Waals surface area contributed by atoms with Crippen LogP contribution in [0.15, 0.2) is 54.6 Å². The van der Waals surface area contributed by atoms with Crippen molar-refractivity contribution in [3.63, 3.8) is 0 Å². The highest BCUT2D eigenvalue weighted by atomic mass is 35.5. The molecule has 1 atom stereocenters. The van der Waals surface area contributed by atoms with E-state index in [1.807, 2.05) is 48.5 Å². The van der Waals surface area contributed by atoms with E-state index < -0.39 is 11.7 Å². The van der Waals surface area contributed by atoms with Crippen LogP contribution < -0.4 is 11.1 Å². The number of hydrogen-bond acceptors (Lipinski definition) is 2. The number of halogens is 1. The van der Waals surface area contributed by atoms with Crippen LogP contribution in [0.1, 0.15) is 16.7 Å². The van der Waals surface area contributed by atoms with Crippen LogP contribution in [0.4, 0.5) is 4.79 Å². The number of amides is 2. The number of carbonyl (C=O) groups is 1. The zero-order valence-corrected chi connectivity index (χ0v) is 12.2. The van der Waals surface area contributed by atoms with Crippen LogP contribution in [-0.2, 0) is 12.1 Å². The predicted octanol–water partition coefficient (Wildman–Crippen LogP) is 2.57. The lowest BCUT2D eigenvalue weighted by molar-refractivity contribution is 0.177. The molecule has 3 rings (SSSR count). The van der Waals surface area contributed by atoms with Crippen molar-refractivity contribution >= 4 is 17.8 Å². The topological polar surface area (TPSA) is 58.4 Å². The number of fused-ring (bicyclic) bond motifs is 1. The molecule has 21 heavy (non-hydrogen) atoms. The van der Waals surface area contributed by atoms with Crippen molar-refractivity contribution in [2.45, 2.75) is 12.1 Å². The van der Waals surface area contributed by atoms with Gasteiger partial charge in [0.1, 0.15) is 0 Å². The highest BCUT2D eigenvalue weighted by Gasteiger charge is 2.44. The third-order valence-corrected chi connectivity index (χ3v) is 4.28. The monoisotopic (exact) mass is 301 g/mol. The van der Waals surface area contributed by atoms with Gasteiger partial charge in [0.15, 0.2) is 5.66 Å². The Hall–Kier alpha value is -2.04. The van der Waals surface area contributed by atoms with Gasteiger partial charge in [-0.25, -0.2) is 9.21 Å². The number of nitrogens with one attached hydrogen (secondary N) is 1. The molecule has 2 aromatic carbocycles. The molecule has 4 nitrogen and oxygen atoms in total. The van der Waals surface area contributed by atoms with E-state index in [1.54, 1.807) is 0 Å². The van der Waals surface area contributed by atoms with Gasteiger partial charge in [-0.15, -0.1) is 0 Å². The SMILES string of the molecule is NC(=O)N(Cl)[C@]1(c2ccccc2)NCCc2ccccc21. The molecule has 5 heteroatoms. The molecule has 1 aliphatic rings. The Morgan fingerprint density at radius 1 is 1.14 bits per heavy atom. The highest BCUT2D eigenvalue weighted by Crippen LogP contribution is 2.38. The van der Waals surface area contributed by atoms with Gasteiger partial charge in [-0.2, -0.15) is 0 Å². The Labute approximate surface area is 128 Å². The second-order valence-electron chi connectivity index (χ2n) is 5.03. The molecule has 0 saturated heterocycles. The summed E-state index contributed by atoms with van der Waals surface area (Å²) in [6.07, 6.45) is 0.883. The van der Waals surface area contributed by atoms with Crippen LogP contribution in [0.2, 0.25) is 0 Å². The van der Waals surface area contributed by atoms with Gasteiger partial charge in [-0.1, -0.05) is 54.6 Å². The smallest absolute Gasteiger partial charge is 0.331 e. The van der Waals surface area contributed by atoms with Gasteiger partial charge in [0, 0.05) is 23.9 Å². The number of hydrogen-bond donors (Lipinski definition) is 2. The lowest BCUT2D eigenvalue weighted by Gasteiger charge is -2.44. The van der Waals surface area contributed by atoms with E-state index in [1.165, 1.54) is 0 Å². The van der Waals surface area contributed by atoms with Crippen molar-refractivity contribution in [2.24, 2.45) is 5.73 Å². The maximum Gasteiger partial charge on any atom is 0.331 e. The summed E-state index contributed by atoms with van der Waals surface area (Å²) in [5.74, 6) is 0. The van der Waals surface area contributed by atoms with E-state index in [0.29, 0.717) is 6.54 Å². The lowest BCUT2D eigenvalue weighted by atomic mass is 9.84. The van der Waals surface area contributed by atoms with Gasteiger partial charge < -0.3 is 5.73 Å². The normalized spacial score (nSPS) is 20.6. The lowest BCUT2D eigenvalue weighted by Crippen LogP contribution is -2.59. The molecular weight excluding hydrogens is 286 g/mol. The van der Waals surface area contributed by atoms with E-state index in [9.17, 15) is 4.79 Å². The van der Waals surface area contributed by atoms with Crippen LogP contribution in [0.3, 0.4) is 0 Å². The minimum absolute atomic E-state index is 0.690. The van der Waals surface area contributed by atoms with E-state index >= 15 is 0 Å². The van der Waals surface area contributed by atoms with Crippen molar-refractivity contribution < 1.29 is 4.79 Å². The summed E-state index contributed by atoms with van der Waals surface area (Å²) >= 11 is 6.31. The Balaban J connectivity index is 2.27. The van der Waals surface area contributed by atoms with Gasteiger partial charge in [0.25, 0.3) is 0 Å². The molecule has 0 bridgehead atoms. The summed E-state index contributed by atoms with van der Waals surface area (Å²) in [7, 11) is 0. The van der Waals surface area contributed by atoms with E-state index in [4.69, 9.17) is 17.5 Å².